The molecule has 0 heterocycles. The molecule has 1 atom stereocenters. The van der Waals surface area contributed by atoms with E-state index in [-0.39, 0.29) is 16.9 Å². The minimum absolute atomic E-state index is 0.0477. The molecule has 1 unspecified atom stereocenters. The van der Waals surface area contributed by atoms with E-state index < -0.39 is 0 Å². The minimum Gasteiger partial charge on any atom is -0.496 e. The van der Waals surface area contributed by atoms with Crippen molar-refractivity contribution in [3.8, 4) is 5.75 Å². The highest BCUT2D eigenvalue weighted by molar-refractivity contribution is 6.30. The number of benzene rings is 2. The van der Waals surface area contributed by atoms with Crippen molar-refractivity contribution in [2.45, 2.75) is 19.4 Å². The molecule has 2 aromatic carbocycles. The summed E-state index contributed by atoms with van der Waals surface area (Å²) in [5.41, 5.74) is 2.72. The van der Waals surface area contributed by atoms with Crippen molar-refractivity contribution < 1.29 is 9.13 Å². The lowest BCUT2D eigenvalue weighted by atomic mass is 9.97. The van der Waals surface area contributed by atoms with Crippen LogP contribution in [0.15, 0.2) is 36.4 Å². The first kappa shape index (κ1) is 15.8. The molecule has 2 rings (SSSR count). The van der Waals surface area contributed by atoms with E-state index in [0.29, 0.717) is 12.0 Å². The van der Waals surface area contributed by atoms with Gasteiger partial charge in [0.05, 0.1) is 12.1 Å². The monoisotopic (exact) mass is 307 g/mol. The van der Waals surface area contributed by atoms with Gasteiger partial charge in [-0.25, -0.2) is 4.39 Å². The molecule has 0 fully saturated rings. The molecule has 112 valence electrons. The van der Waals surface area contributed by atoms with Gasteiger partial charge in [0, 0.05) is 11.6 Å². The topological polar surface area (TPSA) is 21.3 Å². The summed E-state index contributed by atoms with van der Waals surface area (Å²) in [7, 11) is 3.50. The van der Waals surface area contributed by atoms with Gasteiger partial charge in [0.2, 0.25) is 0 Å². The second kappa shape index (κ2) is 6.92. The van der Waals surface area contributed by atoms with Gasteiger partial charge in [0.15, 0.2) is 0 Å². The first-order valence-electron chi connectivity index (χ1n) is 6.81. The Morgan fingerprint density at radius 1 is 1.29 bits per heavy atom. The molecule has 0 radical (unpaired) electrons. The Morgan fingerprint density at radius 2 is 2.05 bits per heavy atom. The number of ether oxygens (including phenoxy) is 1. The zero-order valence-corrected chi connectivity index (χ0v) is 13.2. The fraction of sp³-hybridized carbons (Fsp3) is 0.294. The summed E-state index contributed by atoms with van der Waals surface area (Å²) < 4.78 is 19.5. The van der Waals surface area contributed by atoms with Crippen molar-refractivity contribution in [3.05, 3.63) is 63.9 Å². The number of aryl methyl sites for hydroxylation is 1. The van der Waals surface area contributed by atoms with Gasteiger partial charge >= 0.3 is 0 Å². The Kier molecular flexibility index (Phi) is 5.21. The molecule has 0 spiro atoms. The Bertz CT molecular complexity index is 630. The van der Waals surface area contributed by atoms with Gasteiger partial charge in [-0.3, -0.25) is 0 Å². The van der Waals surface area contributed by atoms with Crippen molar-refractivity contribution >= 4 is 11.6 Å². The maximum atomic E-state index is 14.1. The summed E-state index contributed by atoms with van der Waals surface area (Å²) in [6.45, 7) is 2.01. The van der Waals surface area contributed by atoms with E-state index in [4.69, 9.17) is 16.3 Å². The number of rotatable bonds is 5. The smallest absolute Gasteiger partial charge is 0.145 e. The number of hydrogen-bond acceptors (Lipinski definition) is 2. The summed E-state index contributed by atoms with van der Waals surface area (Å²) in [6.07, 6.45) is 0.502. The molecule has 2 nitrogen and oxygen atoms in total. The van der Waals surface area contributed by atoms with Crippen LogP contribution in [0.25, 0.3) is 0 Å². The number of likely N-dealkylation sites (N-methyl/N-ethyl adjacent to an activating group) is 1. The van der Waals surface area contributed by atoms with Gasteiger partial charge < -0.3 is 10.1 Å². The molecule has 1 N–H and O–H groups in total. The van der Waals surface area contributed by atoms with E-state index in [1.54, 1.807) is 25.3 Å². The zero-order chi connectivity index (χ0) is 15.4. The maximum absolute atomic E-state index is 14.1. The van der Waals surface area contributed by atoms with Crippen molar-refractivity contribution in [1.29, 1.82) is 0 Å². The number of halogens is 2. The highest BCUT2D eigenvalue weighted by atomic mass is 35.5. The minimum atomic E-state index is -0.356. The van der Waals surface area contributed by atoms with Gasteiger partial charge in [0.1, 0.15) is 11.6 Å². The van der Waals surface area contributed by atoms with Gasteiger partial charge in [-0.15, -0.1) is 0 Å². The molecule has 0 saturated heterocycles. The third-order valence-corrected chi connectivity index (χ3v) is 3.86. The molecule has 21 heavy (non-hydrogen) atoms. The molecule has 2 aromatic rings. The molecule has 0 amide bonds. The summed E-state index contributed by atoms with van der Waals surface area (Å²) >= 11 is 5.85. The van der Waals surface area contributed by atoms with E-state index >= 15 is 0 Å². The second-order valence-electron chi connectivity index (χ2n) is 5.00. The average molecular weight is 308 g/mol. The SMILES string of the molecule is CNC(Cc1cccc(Cl)c1F)c1ccc(C)cc1OC. The van der Waals surface area contributed by atoms with Crippen molar-refractivity contribution in [3.63, 3.8) is 0 Å². The largest absolute Gasteiger partial charge is 0.496 e. The molecule has 0 aliphatic rings. The van der Waals surface area contributed by atoms with Crippen LogP contribution in [0.5, 0.6) is 5.75 Å². The number of methoxy groups -OCH3 is 1. The normalized spacial score (nSPS) is 12.2. The van der Waals surface area contributed by atoms with E-state index in [9.17, 15) is 4.39 Å². The van der Waals surface area contributed by atoms with Crippen molar-refractivity contribution in [2.24, 2.45) is 0 Å². The third kappa shape index (κ3) is 3.55. The second-order valence-corrected chi connectivity index (χ2v) is 5.41. The lowest BCUT2D eigenvalue weighted by Crippen LogP contribution is -2.20. The van der Waals surface area contributed by atoms with Crippen LogP contribution in [0.4, 0.5) is 4.39 Å². The van der Waals surface area contributed by atoms with E-state index in [1.165, 1.54) is 0 Å². The quantitative estimate of drug-likeness (QED) is 0.889. The Hall–Kier alpha value is -1.58. The Labute approximate surface area is 129 Å². The molecular weight excluding hydrogens is 289 g/mol. The first-order valence-corrected chi connectivity index (χ1v) is 7.19. The van der Waals surface area contributed by atoms with Crippen LogP contribution in [0.2, 0.25) is 5.02 Å². The lowest BCUT2D eigenvalue weighted by molar-refractivity contribution is 0.400. The standard InChI is InChI=1S/C17H19ClFNO/c1-11-7-8-13(16(9-11)21-3)15(20-2)10-12-5-4-6-14(18)17(12)19/h4-9,15,20H,10H2,1-3H3. The van der Waals surface area contributed by atoms with Gasteiger partial charge in [-0.1, -0.05) is 35.9 Å². The Balaban J connectivity index is 2.34. The maximum Gasteiger partial charge on any atom is 0.145 e. The Morgan fingerprint density at radius 3 is 2.71 bits per heavy atom. The van der Waals surface area contributed by atoms with Crippen LogP contribution >= 0.6 is 11.6 Å². The third-order valence-electron chi connectivity index (χ3n) is 3.57. The zero-order valence-electron chi connectivity index (χ0n) is 12.4. The fourth-order valence-electron chi connectivity index (χ4n) is 2.40. The van der Waals surface area contributed by atoms with Gasteiger partial charge in [-0.2, -0.15) is 0 Å². The fourth-order valence-corrected chi connectivity index (χ4v) is 2.59. The van der Waals surface area contributed by atoms with E-state index in [1.807, 2.05) is 32.2 Å². The summed E-state index contributed by atoms with van der Waals surface area (Å²) in [5, 5.41) is 3.37. The predicted octanol–water partition coefficient (Wildman–Crippen LogP) is 4.30. The highest BCUT2D eigenvalue weighted by Gasteiger charge is 2.17. The summed E-state index contributed by atoms with van der Waals surface area (Å²) in [6, 6.07) is 11.0. The molecule has 0 aliphatic carbocycles. The molecule has 0 bridgehead atoms. The van der Waals surface area contributed by atoms with Crippen LogP contribution in [-0.4, -0.2) is 14.2 Å². The lowest BCUT2D eigenvalue weighted by Gasteiger charge is -2.20. The molecule has 4 heteroatoms. The summed E-state index contributed by atoms with van der Waals surface area (Å²) in [4.78, 5) is 0. The van der Waals surface area contributed by atoms with Crippen molar-refractivity contribution in [1.82, 2.24) is 5.32 Å². The summed E-state index contributed by atoms with van der Waals surface area (Å²) in [5.74, 6) is 0.447. The number of hydrogen-bond donors (Lipinski definition) is 1. The van der Waals surface area contributed by atoms with E-state index in [2.05, 4.69) is 5.32 Å². The van der Waals surface area contributed by atoms with Gasteiger partial charge in [0.25, 0.3) is 0 Å². The van der Waals surface area contributed by atoms with E-state index in [0.717, 1.165) is 16.9 Å². The number of nitrogens with one attached hydrogen (secondary N) is 1. The predicted molar refractivity (Wildman–Crippen MR) is 84.6 cm³/mol. The highest BCUT2D eigenvalue weighted by Crippen LogP contribution is 2.30. The van der Waals surface area contributed by atoms with Crippen LogP contribution in [0, 0.1) is 12.7 Å². The van der Waals surface area contributed by atoms with Crippen LogP contribution < -0.4 is 10.1 Å². The first-order chi connectivity index (χ1) is 10.1. The van der Waals surface area contributed by atoms with Gasteiger partial charge in [-0.05, 0) is 43.7 Å². The van der Waals surface area contributed by atoms with Crippen LogP contribution in [0.3, 0.4) is 0 Å². The molecular formula is C17H19ClFNO. The van der Waals surface area contributed by atoms with Crippen LogP contribution in [0.1, 0.15) is 22.7 Å². The molecule has 0 saturated carbocycles. The van der Waals surface area contributed by atoms with Crippen molar-refractivity contribution in [2.75, 3.05) is 14.2 Å². The molecule has 0 aromatic heterocycles. The van der Waals surface area contributed by atoms with Crippen LogP contribution in [-0.2, 0) is 6.42 Å². The average Bonchev–Trinajstić information content (AvgIpc) is 2.49. The molecule has 0 aliphatic heterocycles.